The summed E-state index contributed by atoms with van der Waals surface area (Å²) in [6.07, 6.45) is 1.18. The average Bonchev–Trinajstić information content (AvgIpc) is 2.52. The first-order valence-corrected chi connectivity index (χ1v) is 8.33. The van der Waals surface area contributed by atoms with Gasteiger partial charge in [0.2, 0.25) is 5.91 Å². The molecule has 0 saturated carbocycles. The van der Waals surface area contributed by atoms with E-state index in [9.17, 15) is 4.79 Å². The van der Waals surface area contributed by atoms with Crippen LogP contribution >= 0.6 is 0 Å². The predicted molar refractivity (Wildman–Crippen MR) is 97.4 cm³/mol. The molecular weight excluding hydrogens is 300 g/mol. The standard InChI is InChI=1S/C20H26N2O2/c1-14(2)10-11-22-13-16-4-6-17(7-5-16)24-18-8-9-19(20(21)23)15(3)12-18/h4-9,12,14,22H,10-11,13H2,1-3H3,(H2,21,23). The zero-order chi connectivity index (χ0) is 17.5. The molecule has 2 aromatic carbocycles. The van der Waals surface area contributed by atoms with Gasteiger partial charge in [-0.05, 0) is 67.3 Å². The number of nitrogens with two attached hydrogens (primary N) is 1. The molecule has 0 bridgehead atoms. The molecule has 1 amide bonds. The molecule has 24 heavy (non-hydrogen) atoms. The topological polar surface area (TPSA) is 64.3 Å². The Morgan fingerprint density at radius 1 is 1.12 bits per heavy atom. The van der Waals surface area contributed by atoms with Crippen LogP contribution in [0.2, 0.25) is 0 Å². The van der Waals surface area contributed by atoms with Gasteiger partial charge in [0, 0.05) is 12.1 Å². The quantitative estimate of drug-likeness (QED) is 0.720. The van der Waals surface area contributed by atoms with Gasteiger partial charge < -0.3 is 15.8 Å². The number of nitrogens with one attached hydrogen (secondary N) is 1. The molecule has 0 aliphatic heterocycles. The van der Waals surface area contributed by atoms with Crippen molar-refractivity contribution in [2.24, 2.45) is 11.7 Å². The Hall–Kier alpha value is -2.33. The molecule has 0 heterocycles. The highest BCUT2D eigenvalue weighted by atomic mass is 16.5. The van der Waals surface area contributed by atoms with E-state index in [1.165, 1.54) is 12.0 Å². The molecule has 0 aliphatic rings. The second-order valence-electron chi connectivity index (χ2n) is 6.45. The summed E-state index contributed by atoms with van der Waals surface area (Å²) in [5.74, 6) is 1.76. The van der Waals surface area contributed by atoms with Gasteiger partial charge >= 0.3 is 0 Å². The maximum Gasteiger partial charge on any atom is 0.248 e. The Bertz CT molecular complexity index is 679. The second kappa shape index (κ2) is 8.50. The molecule has 0 aromatic heterocycles. The number of rotatable bonds is 8. The average molecular weight is 326 g/mol. The number of primary amides is 1. The summed E-state index contributed by atoms with van der Waals surface area (Å²) < 4.78 is 5.83. The van der Waals surface area contributed by atoms with E-state index < -0.39 is 5.91 Å². The molecule has 0 saturated heterocycles. The number of amides is 1. The molecule has 0 spiro atoms. The van der Waals surface area contributed by atoms with Crippen LogP contribution in [0.1, 0.15) is 41.8 Å². The van der Waals surface area contributed by atoms with Gasteiger partial charge in [0.05, 0.1) is 0 Å². The number of aryl methyl sites for hydroxylation is 1. The number of benzene rings is 2. The summed E-state index contributed by atoms with van der Waals surface area (Å²) in [6, 6.07) is 13.3. The van der Waals surface area contributed by atoms with Crippen LogP contribution in [0.5, 0.6) is 11.5 Å². The zero-order valence-electron chi connectivity index (χ0n) is 14.6. The van der Waals surface area contributed by atoms with Crippen LogP contribution in [0, 0.1) is 12.8 Å². The minimum atomic E-state index is -0.423. The first-order chi connectivity index (χ1) is 11.5. The third-order valence-corrected chi connectivity index (χ3v) is 3.85. The molecule has 0 unspecified atom stereocenters. The highest BCUT2D eigenvalue weighted by Gasteiger charge is 2.06. The number of carbonyl (C=O) groups excluding carboxylic acids is 1. The van der Waals surface area contributed by atoms with E-state index in [-0.39, 0.29) is 0 Å². The molecule has 0 fully saturated rings. The number of hydrogen-bond acceptors (Lipinski definition) is 3. The predicted octanol–water partition coefficient (Wildman–Crippen LogP) is 4.02. The van der Waals surface area contributed by atoms with Crippen LogP contribution in [0.25, 0.3) is 0 Å². The van der Waals surface area contributed by atoms with Crippen LogP contribution in [0.3, 0.4) is 0 Å². The molecule has 0 aliphatic carbocycles. The summed E-state index contributed by atoms with van der Waals surface area (Å²) in [5.41, 5.74) is 7.87. The van der Waals surface area contributed by atoms with Crippen LogP contribution < -0.4 is 15.8 Å². The van der Waals surface area contributed by atoms with Crippen LogP contribution in [0.4, 0.5) is 0 Å². The Morgan fingerprint density at radius 2 is 1.79 bits per heavy atom. The lowest BCUT2D eigenvalue weighted by molar-refractivity contribution is 0.0999. The van der Waals surface area contributed by atoms with Crippen LogP contribution in [-0.4, -0.2) is 12.5 Å². The van der Waals surface area contributed by atoms with Crippen LogP contribution in [0.15, 0.2) is 42.5 Å². The molecular formula is C20H26N2O2. The van der Waals surface area contributed by atoms with E-state index >= 15 is 0 Å². The fourth-order valence-corrected chi connectivity index (χ4v) is 2.41. The summed E-state index contributed by atoms with van der Waals surface area (Å²) in [5, 5.41) is 3.44. The first kappa shape index (κ1) is 18.0. The highest BCUT2D eigenvalue weighted by molar-refractivity contribution is 5.94. The minimum absolute atomic E-state index is 0.423. The van der Waals surface area contributed by atoms with E-state index in [1.807, 2.05) is 25.1 Å². The van der Waals surface area contributed by atoms with Crippen molar-refractivity contribution in [3.05, 3.63) is 59.2 Å². The van der Waals surface area contributed by atoms with Crippen molar-refractivity contribution in [2.45, 2.75) is 33.7 Å². The highest BCUT2D eigenvalue weighted by Crippen LogP contribution is 2.24. The lowest BCUT2D eigenvalue weighted by Crippen LogP contribution is -2.16. The third-order valence-electron chi connectivity index (χ3n) is 3.85. The van der Waals surface area contributed by atoms with Crippen molar-refractivity contribution in [3.63, 3.8) is 0 Å². The van der Waals surface area contributed by atoms with Crippen molar-refractivity contribution >= 4 is 5.91 Å². The van der Waals surface area contributed by atoms with E-state index in [2.05, 4.69) is 31.3 Å². The summed E-state index contributed by atoms with van der Waals surface area (Å²) >= 11 is 0. The van der Waals surface area contributed by atoms with E-state index in [4.69, 9.17) is 10.5 Å². The molecule has 0 radical (unpaired) electrons. The fraction of sp³-hybridized carbons (Fsp3) is 0.350. The monoisotopic (exact) mass is 326 g/mol. The molecule has 0 atom stereocenters. The van der Waals surface area contributed by atoms with Crippen molar-refractivity contribution in [2.75, 3.05) is 6.54 Å². The number of carbonyl (C=O) groups is 1. The fourth-order valence-electron chi connectivity index (χ4n) is 2.41. The van der Waals surface area contributed by atoms with Gasteiger partial charge in [-0.2, -0.15) is 0 Å². The summed E-state index contributed by atoms with van der Waals surface area (Å²) in [6.45, 7) is 8.19. The third kappa shape index (κ3) is 5.39. The van der Waals surface area contributed by atoms with Gasteiger partial charge in [-0.15, -0.1) is 0 Å². The second-order valence-corrected chi connectivity index (χ2v) is 6.45. The largest absolute Gasteiger partial charge is 0.457 e. The maximum atomic E-state index is 11.2. The molecule has 2 rings (SSSR count). The van der Waals surface area contributed by atoms with Crippen molar-refractivity contribution < 1.29 is 9.53 Å². The molecule has 4 heteroatoms. The Kier molecular flexibility index (Phi) is 6.38. The van der Waals surface area contributed by atoms with E-state index in [1.54, 1.807) is 12.1 Å². The van der Waals surface area contributed by atoms with Gasteiger partial charge in [-0.25, -0.2) is 0 Å². The zero-order valence-corrected chi connectivity index (χ0v) is 14.6. The maximum absolute atomic E-state index is 11.2. The lowest BCUT2D eigenvalue weighted by Gasteiger charge is -2.10. The summed E-state index contributed by atoms with van der Waals surface area (Å²) in [4.78, 5) is 11.2. The number of hydrogen-bond donors (Lipinski definition) is 2. The molecule has 3 N–H and O–H groups in total. The van der Waals surface area contributed by atoms with Gasteiger partial charge in [0.25, 0.3) is 0 Å². The Labute approximate surface area is 144 Å². The lowest BCUT2D eigenvalue weighted by atomic mass is 10.1. The van der Waals surface area contributed by atoms with Gasteiger partial charge in [-0.3, -0.25) is 4.79 Å². The van der Waals surface area contributed by atoms with Crippen molar-refractivity contribution in [1.82, 2.24) is 5.32 Å². The SMILES string of the molecule is Cc1cc(Oc2ccc(CNCCC(C)C)cc2)ccc1C(N)=O. The van der Waals surface area contributed by atoms with Crippen LogP contribution in [-0.2, 0) is 6.54 Å². The Morgan fingerprint density at radius 3 is 2.38 bits per heavy atom. The van der Waals surface area contributed by atoms with E-state index in [0.717, 1.165) is 30.3 Å². The van der Waals surface area contributed by atoms with E-state index in [0.29, 0.717) is 11.3 Å². The van der Waals surface area contributed by atoms with Crippen molar-refractivity contribution in [1.29, 1.82) is 0 Å². The van der Waals surface area contributed by atoms with Gasteiger partial charge in [0.1, 0.15) is 11.5 Å². The number of ether oxygens (including phenoxy) is 1. The Balaban J connectivity index is 1.92. The van der Waals surface area contributed by atoms with Crippen molar-refractivity contribution in [3.8, 4) is 11.5 Å². The normalized spacial score (nSPS) is 10.8. The molecule has 128 valence electrons. The smallest absolute Gasteiger partial charge is 0.248 e. The first-order valence-electron chi connectivity index (χ1n) is 8.33. The summed E-state index contributed by atoms with van der Waals surface area (Å²) in [7, 11) is 0. The minimum Gasteiger partial charge on any atom is -0.457 e. The van der Waals surface area contributed by atoms with Gasteiger partial charge in [-0.1, -0.05) is 26.0 Å². The molecule has 4 nitrogen and oxygen atoms in total. The van der Waals surface area contributed by atoms with Gasteiger partial charge in [0.15, 0.2) is 0 Å². The molecule has 2 aromatic rings.